The number of aliphatic hydroxyl groups is 1. The molecule has 0 bridgehead atoms. The zero-order valence-electron chi connectivity index (χ0n) is 10.7. The van der Waals surface area contributed by atoms with Crippen molar-refractivity contribution < 1.29 is 9.90 Å². The Morgan fingerprint density at radius 3 is 2.94 bits per heavy atom. The fraction of sp³-hybridized carbons (Fsp3) is 0.700. The molecule has 0 aliphatic rings. The minimum Gasteiger partial charge on any atom is -0.394 e. The lowest BCUT2D eigenvalue weighted by Crippen LogP contribution is -2.37. The molecular formula is C10H20N6O2. The third-order valence-corrected chi connectivity index (χ3v) is 2.37. The molecule has 1 aromatic heterocycles. The standard InChI is InChI=1S/C10H20N6O2/c1-15(2)4-3-12-9(10(11)18)8-7-16(5-6-17)14-13-8/h7,9,12,17H,3-6H2,1-2H3,(H2,11,18). The van der Waals surface area contributed by atoms with Crippen molar-refractivity contribution >= 4 is 5.91 Å². The first-order valence-corrected chi connectivity index (χ1v) is 5.73. The van der Waals surface area contributed by atoms with E-state index in [-0.39, 0.29) is 6.61 Å². The second-order valence-corrected chi connectivity index (χ2v) is 4.22. The molecule has 1 rings (SSSR count). The first-order chi connectivity index (χ1) is 8.54. The molecule has 0 fully saturated rings. The summed E-state index contributed by atoms with van der Waals surface area (Å²) in [6, 6.07) is -0.655. The molecular weight excluding hydrogens is 236 g/mol. The van der Waals surface area contributed by atoms with E-state index in [4.69, 9.17) is 10.8 Å². The van der Waals surface area contributed by atoms with Gasteiger partial charge in [0.2, 0.25) is 5.91 Å². The number of hydrogen-bond donors (Lipinski definition) is 3. The van der Waals surface area contributed by atoms with Gasteiger partial charge in [-0.15, -0.1) is 5.10 Å². The second-order valence-electron chi connectivity index (χ2n) is 4.22. The van der Waals surface area contributed by atoms with Gasteiger partial charge in [0.15, 0.2) is 0 Å². The summed E-state index contributed by atoms with van der Waals surface area (Å²) in [5, 5.41) is 19.5. The summed E-state index contributed by atoms with van der Waals surface area (Å²) < 4.78 is 1.47. The predicted molar refractivity (Wildman–Crippen MR) is 65.6 cm³/mol. The third kappa shape index (κ3) is 4.40. The maximum Gasteiger partial charge on any atom is 0.240 e. The van der Waals surface area contributed by atoms with E-state index in [0.717, 1.165) is 6.54 Å². The minimum atomic E-state index is -0.655. The van der Waals surface area contributed by atoms with Crippen molar-refractivity contribution in [2.45, 2.75) is 12.6 Å². The lowest BCUT2D eigenvalue weighted by atomic mass is 10.2. The van der Waals surface area contributed by atoms with Crippen LogP contribution >= 0.6 is 0 Å². The lowest BCUT2D eigenvalue weighted by molar-refractivity contribution is -0.120. The summed E-state index contributed by atoms with van der Waals surface area (Å²) in [5.74, 6) is -0.496. The van der Waals surface area contributed by atoms with Crippen molar-refractivity contribution in [2.24, 2.45) is 5.73 Å². The van der Waals surface area contributed by atoms with Crippen LogP contribution in [0.25, 0.3) is 0 Å². The van der Waals surface area contributed by atoms with Crippen LogP contribution in [0, 0.1) is 0 Å². The van der Waals surface area contributed by atoms with Gasteiger partial charge < -0.3 is 15.7 Å². The normalized spacial score (nSPS) is 12.9. The molecule has 0 saturated heterocycles. The van der Waals surface area contributed by atoms with Crippen molar-refractivity contribution in [3.63, 3.8) is 0 Å². The SMILES string of the molecule is CN(C)CCNC(C(N)=O)c1cn(CCO)nn1. The number of carbonyl (C=O) groups is 1. The Balaban J connectivity index is 2.62. The van der Waals surface area contributed by atoms with Crippen LogP contribution in [0.3, 0.4) is 0 Å². The monoisotopic (exact) mass is 256 g/mol. The first-order valence-electron chi connectivity index (χ1n) is 5.73. The van der Waals surface area contributed by atoms with E-state index in [1.54, 1.807) is 6.20 Å². The molecule has 1 atom stereocenters. The highest BCUT2D eigenvalue weighted by atomic mass is 16.3. The Bertz CT molecular complexity index is 378. The van der Waals surface area contributed by atoms with Gasteiger partial charge in [-0.1, -0.05) is 5.21 Å². The van der Waals surface area contributed by atoms with Crippen LogP contribution in [0.4, 0.5) is 0 Å². The summed E-state index contributed by atoms with van der Waals surface area (Å²) in [5.41, 5.74) is 5.79. The molecule has 0 radical (unpaired) electrons. The Kier molecular flexibility index (Phi) is 5.69. The number of nitrogens with zero attached hydrogens (tertiary/aromatic N) is 4. The Morgan fingerprint density at radius 1 is 1.67 bits per heavy atom. The van der Waals surface area contributed by atoms with E-state index in [2.05, 4.69) is 15.6 Å². The number of rotatable bonds is 8. The van der Waals surface area contributed by atoms with Gasteiger partial charge in [-0.25, -0.2) is 4.68 Å². The van der Waals surface area contributed by atoms with Crippen LogP contribution in [-0.2, 0) is 11.3 Å². The van der Waals surface area contributed by atoms with Gasteiger partial charge in [0, 0.05) is 13.1 Å². The maximum absolute atomic E-state index is 11.4. The van der Waals surface area contributed by atoms with Gasteiger partial charge in [0.25, 0.3) is 0 Å². The molecule has 8 nitrogen and oxygen atoms in total. The molecule has 102 valence electrons. The molecule has 0 saturated carbocycles. The van der Waals surface area contributed by atoms with Gasteiger partial charge in [-0.3, -0.25) is 10.1 Å². The molecule has 1 unspecified atom stereocenters. The topological polar surface area (TPSA) is 109 Å². The third-order valence-electron chi connectivity index (χ3n) is 2.37. The molecule has 4 N–H and O–H groups in total. The summed E-state index contributed by atoms with van der Waals surface area (Å²) >= 11 is 0. The number of carbonyl (C=O) groups excluding carboxylic acids is 1. The van der Waals surface area contributed by atoms with Crippen LogP contribution in [0.1, 0.15) is 11.7 Å². The molecule has 8 heteroatoms. The fourth-order valence-electron chi connectivity index (χ4n) is 1.44. The van der Waals surface area contributed by atoms with Gasteiger partial charge in [-0.05, 0) is 14.1 Å². The maximum atomic E-state index is 11.4. The zero-order chi connectivity index (χ0) is 13.5. The van der Waals surface area contributed by atoms with E-state index in [0.29, 0.717) is 18.8 Å². The molecule has 0 aromatic carbocycles. The summed E-state index contributed by atoms with van der Waals surface area (Å²) in [6.07, 6.45) is 1.61. The second kappa shape index (κ2) is 7.04. The van der Waals surface area contributed by atoms with Crippen LogP contribution < -0.4 is 11.1 Å². The number of nitrogens with one attached hydrogen (secondary N) is 1. The van der Waals surface area contributed by atoms with Crippen molar-refractivity contribution in [2.75, 3.05) is 33.8 Å². The summed E-state index contributed by atoms with van der Waals surface area (Å²) in [6.45, 7) is 1.72. The largest absolute Gasteiger partial charge is 0.394 e. The van der Waals surface area contributed by atoms with E-state index in [1.807, 2.05) is 19.0 Å². The predicted octanol–water partition coefficient (Wildman–Crippen LogP) is -2.05. The average molecular weight is 256 g/mol. The average Bonchev–Trinajstić information content (AvgIpc) is 2.72. The Morgan fingerprint density at radius 2 is 2.39 bits per heavy atom. The van der Waals surface area contributed by atoms with E-state index in [1.165, 1.54) is 4.68 Å². The molecule has 0 aliphatic carbocycles. The van der Waals surface area contributed by atoms with Crippen LogP contribution in [0.15, 0.2) is 6.20 Å². The molecule has 0 aliphatic heterocycles. The summed E-state index contributed by atoms with van der Waals surface area (Å²) in [4.78, 5) is 13.4. The van der Waals surface area contributed by atoms with Gasteiger partial charge in [-0.2, -0.15) is 0 Å². The molecule has 1 aromatic rings. The Hall–Kier alpha value is -1.51. The fourth-order valence-corrected chi connectivity index (χ4v) is 1.44. The van der Waals surface area contributed by atoms with E-state index in [9.17, 15) is 4.79 Å². The zero-order valence-corrected chi connectivity index (χ0v) is 10.7. The highest BCUT2D eigenvalue weighted by Crippen LogP contribution is 2.07. The van der Waals surface area contributed by atoms with Crippen molar-refractivity contribution in [3.8, 4) is 0 Å². The van der Waals surface area contributed by atoms with Gasteiger partial charge >= 0.3 is 0 Å². The number of aromatic nitrogens is 3. The van der Waals surface area contributed by atoms with E-state index < -0.39 is 11.9 Å². The highest BCUT2D eigenvalue weighted by Gasteiger charge is 2.20. The van der Waals surface area contributed by atoms with Crippen molar-refractivity contribution in [1.29, 1.82) is 0 Å². The number of nitrogens with two attached hydrogens (primary N) is 1. The van der Waals surface area contributed by atoms with Crippen LogP contribution in [-0.4, -0.2) is 64.7 Å². The number of primary amides is 1. The van der Waals surface area contributed by atoms with Crippen molar-refractivity contribution in [3.05, 3.63) is 11.9 Å². The highest BCUT2D eigenvalue weighted by molar-refractivity contribution is 5.80. The number of amides is 1. The Labute approximate surface area is 106 Å². The van der Waals surface area contributed by atoms with E-state index >= 15 is 0 Å². The number of hydrogen-bond acceptors (Lipinski definition) is 6. The smallest absolute Gasteiger partial charge is 0.240 e. The van der Waals surface area contributed by atoms with Gasteiger partial charge in [0.1, 0.15) is 11.7 Å². The molecule has 18 heavy (non-hydrogen) atoms. The summed E-state index contributed by atoms with van der Waals surface area (Å²) in [7, 11) is 3.89. The van der Waals surface area contributed by atoms with Crippen LogP contribution in [0.2, 0.25) is 0 Å². The van der Waals surface area contributed by atoms with Crippen molar-refractivity contribution in [1.82, 2.24) is 25.2 Å². The first kappa shape index (κ1) is 14.6. The molecule has 0 spiro atoms. The minimum absolute atomic E-state index is 0.0297. The number of aliphatic hydroxyl groups excluding tert-OH is 1. The lowest BCUT2D eigenvalue weighted by Gasteiger charge is -2.15. The quantitative estimate of drug-likeness (QED) is 0.494. The number of likely N-dealkylation sites (N-methyl/N-ethyl adjacent to an activating group) is 1. The van der Waals surface area contributed by atoms with Gasteiger partial charge in [0.05, 0.1) is 19.3 Å². The molecule has 1 heterocycles. The molecule has 1 amide bonds. The van der Waals surface area contributed by atoms with Crippen LogP contribution in [0.5, 0.6) is 0 Å².